The van der Waals surface area contributed by atoms with Crippen LogP contribution < -0.4 is 5.32 Å². The Balaban J connectivity index is 2.13. The molecule has 1 aromatic rings. The van der Waals surface area contributed by atoms with Gasteiger partial charge in [-0.3, -0.25) is 4.79 Å². The molecule has 0 spiro atoms. The summed E-state index contributed by atoms with van der Waals surface area (Å²) in [4.78, 5) is 14.2. The maximum atomic E-state index is 13.9. The Morgan fingerprint density at radius 3 is 3.05 bits per heavy atom. The van der Waals surface area contributed by atoms with Crippen molar-refractivity contribution in [3.8, 4) is 0 Å². The molecule has 6 heteroatoms. The number of hydrogen-bond acceptors (Lipinski definition) is 3. The van der Waals surface area contributed by atoms with E-state index >= 15 is 0 Å². The molecule has 2 rings (SSSR count). The molecule has 21 heavy (non-hydrogen) atoms. The fourth-order valence-electron chi connectivity index (χ4n) is 2.49. The van der Waals surface area contributed by atoms with E-state index in [9.17, 15) is 9.18 Å². The van der Waals surface area contributed by atoms with Gasteiger partial charge in [-0.1, -0.05) is 11.6 Å². The molecule has 1 saturated heterocycles. The molecular formula is C15H20ClFN2O2. The molecule has 1 atom stereocenters. The van der Waals surface area contributed by atoms with E-state index in [1.165, 1.54) is 18.2 Å². The van der Waals surface area contributed by atoms with Crippen LogP contribution in [0.25, 0.3) is 0 Å². The number of halogens is 2. The highest BCUT2D eigenvalue weighted by molar-refractivity contribution is 6.31. The SMILES string of the molecule is COCCN(CC1CCCN1)C(=O)c1cc(Cl)ccc1F. The molecule has 1 aromatic carbocycles. The third-order valence-corrected chi connectivity index (χ3v) is 3.85. The second-order valence-corrected chi connectivity index (χ2v) is 5.60. The number of nitrogens with one attached hydrogen (secondary N) is 1. The zero-order valence-corrected chi connectivity index (χ0v) is 12.8. The molecule has 0 bridgehead atoms. The lowest BCUT2D eigenvalue weighted by Gasteiger charge is -2.26. The number of carbonyl (C=O) groups excluding carboxylic acids is 1. The van der Waals surface area contributed by atoms with Crippen LogP contribution in [0.15, 0.2) is 18.2 Å². The Hall–Kier alpha value is -1.17. The quantitative estimate of drug-likeness (QED) is 0.876. The van der Waals surface area contributed by atoms with Gasteiger partial charge in [0.25, 0.3) is 5.91 Å². The van der Waals surface area contributed by atoms with Crippen LogP contribution in [0.2, 0.25) is 5.02 Å². The summed E-state index contributed by atoms with van der Waals surface area (Å²) in [6.45, 7) is 2.36. The lowest BCUT2D eigenvalue weighted by atomic mass is 10.1. The predicted octanol–water partition coefficient (Wildman–Crippen LogP) is 2.32. The molecule has 1 fully saturated rings. The maximum absolute atomic E-state index is 13.9. The lowest BCUT2D eigenvalue weighted by Crippen LogP contribution is -2.43. The Kier molecular flexibility index (Phi) is 5.96. The van der Waals surface area contributed by atoms with Gasteiger partial charge < -0.3 is 15.0 Å². The Morgan fingerprint density at radius 2 is 2.38 bits per heavy atom. The maximum Gasteiger partial charge on any atom is 0.257 e. The molecule has 4 nitrogen and oxygen atoms in total. The highest BCUT2D eigenvalue weighted by atomic mass is 35.5. The van der Waals surface area contributed by atoms with E-state index in [2.05, 4.69) is 5.32 Å². The molecule has 0 radical (unpaired) electrons. The van der Waals surface area contributed by atoms with Crippen molar-refractivity contribution in [3.63, 3.8) is 0 Å². The fraction of sp³-hybridized carbons (Fsp3) is 0.533. The van der Waals surface area contributed by atoms with Gasteiger partial charge in [0.2, 0.25) is 0 Å². The van der Waals surface area contributed by atoms with Crippen LogP contribution in [0.4, 0.5) is 4.39 Å². The summed E-state index contributed by atoms with van der Waals surface area (Å²) in [5.74, 6) is -0.896. The first-order valence-electron chi connectivity index (χ1n) is 7.08. The first-order chi connectivity index (χ1) is 10.1. The van der Waals surface area contributed by atoms with Crippen LogP contribution in [0.1, 0.15) is 23.2 Å². The Morgan fingerprint density at radius 1 is 1.57 bits per heavy atom. The summed E-state index contributed by atoms with van der Waals surface area (Å²) in [6.07, 6.45) is 2.12. The number of benzene rings is 1. The zero-order valence-electron chi connectivity index (χ0n) is 12.1. The van der Waals surface area contributed by atoms with Gasteiger partial charge in [-0.05, 0) is 37.6 Å². The average molecular weight is 315 g/mol. The van der Waals surface area contributed by atoms with Crippen LogP contribution in [-0.2, 0) is 4.74 Å². The largest absolute Gasteiger partial charge is 0.383 e. The van der Waals surface area contributed by atoms with Crippen molar-refractivity contribution in [2.45, 2.75) is 18.9 Å². The average Bonchev–Trinajstić information content (AvgIpc) is 2.98. The van der Waals surface area contributed by atoms with Crippen LogP contribution in [0.5, 0.6) is 0 Å². The standard InChI is InChI=1S/C15H20ClFN2O2/c1-21-8-7-19(10-12-3-2-6-18-12)15(20)13-9-11(16)4-5-14(13)17/h4-5,9,12,18H,2-3,6-8,10H2,1H3. The van der Waals surface area contributed by atoms with Crippen molar-refractivity contribution in [1.82, 2.24) is 10.2 Å². The minimum absolute atomic E-state index is 0.0107. The third kappa shape index (κ3) is 4.40. The number of methoxy groups -OCH3 is 1. The second kappa shape index (κ2) is 7.73. The molecule has 0 saturated carbocycles. The molecule has 1 amide bonds. The van der Waals surface area contributed by atoms with Crippen molar-refractivity contribution in [3.05, 3.63) is 34.6 Å². The smallest absolute Gasteiger partial charge is 0.257 e. The molecule has 1 heterocycles. The summed E-state index contributed by atoms with van der Waals surface area (Å²) < 4.78 is 18.9. The first-order valence-corrected chi connectivity index (χ1v) is 7.46. The van der Waals surface area contributed by atoms with E-state index in [0.29, 0.717) is 24.7 Å². The van der Waals surface area contributed by atoms with Gasteiger partial charge in [0.15, 0.2) is 0 Å². The normalized spacial score (nSPS) is 18.0. The van der Waals surface area contributed by atoms with E-state index in [-0.39, 0.29) is 17.5 Å². The monoisotopic (exact) mass is 314 g/mol. The third-order valence-electron chi connectivity index (χ3n) is 3.61. The van der Waals surface area contributed by atoms with E-state index in [1.807, 2.05) is 0 Å². The van der Waals surface area contributed by atoms with Gasteiger partial charge in [0.05, 0.1) is 12.2 Å². The number of rotatable bonds is 6. The molecule has 1 N–H and O–H groups in total. The molecule has 116 valence electrons. The fourth-order valence-corrected chi connectivity index (χ4v) is 2.66. The second-order valence-electron chi connectivity index (χ2n) is 5.16. The number of nitrogens with zero attached hydrogens (tertiary/aromatic N) is 1. The summed E-state index contributed by atoms with van der Waals surface area (Å²) >= 11 is 5.87. The van der Waals surface area contributed by atoms with Crippen molar-refractivity contribution < 1.29 is 13.9 Å². The number of ether oxygens (including phenoxy) is 1. The summed E-state index contributed by atoms with van der Waals surface area (Å²) in [6, 6.07) is 4.29. The van der Waals surface area contributed by atoms with Gasteiger partial charge in [-0.25, -0.2) is 4.39 Å². The van der Waals surface area contributed by atoms with E-state index in [0.717, 1.165) is 19.4 Å². The number of amides is 1. The van der Waals surface area contributed by atoms with E-state index in [1.54, 1.807) is 12.0 Å². The molecule has 1 aliphatic heterocycles. The minimum atomic E-state index is -0.550. The van der Waals surface area contributed by atoms with Crippen LogP contribution in [0.3, 0.4) is 0 Å². The zero-order chi connectivity index (χ0) is 15.2. The molecule has 1 unspecified atom stereocenters. The molecular weight excluding hydrogens is 295 g/mol. The number of carbonyl (C=O) groups is 1. The van der Waals surface area contributed by atoms with Crippen molar-refractivity contribution >= 4 is 17.5 Å². The van der Waals surface area contributed by atoms with Crippen LogP contribution >= 0.6 is 11.6 Å². The highest BCUT2D eigenvalue weighted by Gasteiger charge is 2.24. The summed E-state index contributed by atoms with van der Waals surface area (Å²) in [5, 5.41) is 3.69. The summed E-state index contributed by atoms with van der Waals surface area (Å²) in [7, 11) is 1.58. The first kappa shape index (κ1) is 16.2. The van der Waals surface area contributed by atoms with Gasteiger partial charge in [0, 0.05) is 31.3 Å². The van der Waals surface area contributed by atoms with Crippen molar-refractivity contribution in [2.24, 2.45) is 0 Å². The van der Waals surface area contributed by atoms with Gasteiger partial charge >= 0.3 is 0 Å². The molecule has 1 aliphatic rings. The molecule has 0 aliphatic carbocycles. The van der Waals surface area contributed by atoms with Crippen molar-refractivity contribution in [2.75, 3.05) is 33.4 Å². The van der Waals surface area contributed by atoms with Gasteiger partial charge in [-0.15, -0.1) is 0 Å². The predicted molar refractivity (Wildman–Crippen MR) is 80.2 cm³/mol. The van der Waals surface area contributed by atoms with E-state index < -0.39 is 5.82 Å². The number of hydrogen-bond donors (Lipinski definition) is 1. The van der Waals surface area contributed by atoms with Crippen molar-refractivity contribution in [1.29, 1.82) is 0 Å². The minimum Gasteiger partial charge on any atom is -0.383 e. The lowest BCUT2D eigenvalue weighted by molar-refractivity contribution is 0.0674. The van der Waals surface area contributed by atoms with Gasteiger partial charge in [-0.2, -0.15) is 0 Å². The molecule has 0 aromatic heterocycles. The Bertz CT molecular complexity index is 493. The van der Waals surface area contributed by atoms with Crippen LogP contribution in [-0.4, -0.2) is 50.2 Å². The summed E-state index contributed by atoms with van der Waals surface area (Å²) in [5.41, 5.74) is 0.0107. The van der Waals surface area contributed by atoms with Crippen LogP contribution in [0, 0.1) is 5.82 Å². The van der Waals surface area contributed by atoms with E-state index in [4.69, 9.17) is 16.3 Å². The van der Waals surface area contributed by atoms with Gasteiger partial charge in [0.1, 0.15) is 5.82 Å². The highest BCUT2D eigenvalue weighted by Crippen LogP contribution is 2.18. The topological polar surface area (TPSA) is 41.6 Å². The Labute approximate surface area is 129 Å².